The number of carbonyl (C=O) groups excluding carboxylic acids is 1. The Morgan fingerprint density at radius 3 is 0.835 bits per heavy atom. The minimum atomic E-state index is -2.24. The van der Waals surface area contributed by atoms with Gasteiger partial charge in [-0.25, -0.2) is 0 Å². The number of hydrogen-bond donors (Lipinski definition) is 23. The molecule has 0 saturated carbocycles. The van der Waals surface area contributed by atoms with Crippen molar-refractivity contribution >= 4 is 6.29 Å². The number of aldehydes is 1. The van der Waals surface area contributed by atoms with Gasteiger partial charge in [0.25, 0.3) is 0 Å². The van der Waals surface area contributed by atoms with Gasteiger partial charge >= 0.3 is 0 Å². The summed E-state index contributed by atoms with van der Waals surface area (Å²) in [7, 11) is 0. The van der Waals surface area contributed by atoms with E-state index in [4.69, 9.17) is 56.8 Å². The molecule has 464 valence electrons. The van der Waals surface area contributed by atoms with Crippen molar-refractivity contribution < 1.29 is 185 Å². The van der Waals surface area contributed by atoms with Crippen LogP contribution in [0.5, 0.6) is 0 Å². The van der Waals surface area contributed by atoms with Crippen LogP contribution in [0.1, 0.15) is 0 Å². The second-order valence-electron chi connectivity index (χ2n) is 19.2. The Kier molecular flexibility index (Phi) is 25.7. The normalized spacial score (nSPS) is 48.5. The molecule has 6 aliphatic rings. The number of carbonyl (C=O) groups is 1. The lowest BCUT2D eigenvalue weighted by Crippen LogP contribution is -2.68. The van der Waals surface area contributed by atoms with Crippen LogP contribution in [0.3, 0.4) is 0 Å². The Labute approximate surface area is 445 Å². The van der Waals surface area contributed by atoms with Gasteiger partial charge in [0.2, 0.25) is 0 Å². The van der Waals surface area contributed by atoms with Crippen LogP contribution in [0.4, 0.5) is 0 Å². The summed E-state index contributed by atoms with van der Waals surface area (Å²) in [6.45, 7) is -7.20. The first-order chi connectivity index (χ1) is 37.0. The lowest BCUT2D eigenvalue weighted by atomic mass is 9.95. The molecule has 0 aromatic rings. The summed E-state index contributed by atoms with van der Waals surface area (Å²) >= 11 is 0. The van der Waals surface area contributed by atoms with Gasteiger partial charge in [-0.1, -0.05) is 0 Å². The molecule has 6 saturated heterocycles. The summed E-state index contributed by atoms with van der Waals surface area (Å²) in [5.41, 5.74) is 0. The average molecular weight is 1170 g/mol. The van der Waals surface area contributed by atoms with Gasteiger partial charge in [-0.3, -0.25) is 0 Å². The van der Waals surface area contributed by atoms with Crippen molar-refractivity contribution in [2.24, 2.45) is 0 Å². The molecule has 25 N–H and O–H groups in total. The maximum atomic E-state index is 11.3. The van der Waals surface area contributed by atoms with Gasteiger partial charge in [0.1, 0.15) is 171 Å². The van der Waals surface area contributed by atoms with Crippen molar-refractivity contribution in [3.8, 4) is 0 Å². The molecule has 0 aromatic heterocycles. The van der Waals surface area contributed by atoms with E-state index in [9.17, 15) is 122 Å². The van der Waals surface area contributed by atoms with Crippen LogP contribution < -0.4 is 0 Å². The Bertz CT molecular complexity index is 1790. The molecule has 0 bridgehead atoms. The molecule has 0 aliphatic carbocycles. The maximum Gasteiger partial charge on any atom is 0.187 e. The highest BCUT2D eigenvalue weighted by molar-refractivity contribution is 5.56. The molecule has 0 spiro atoms. The van der Waals surface area contributed by atoms with Gasteiger partial charge in [-0.05, 0) is 0 Å². The Hall–Kier alpha value is -1.77. The molecule has 6 aliphatic heterocycles. The van der Waals surface area contributed by atoms with Gasteiger partial charge in [0.05, 0.1) is 46.2 Å². The number of rotatable bonds is 23. The monoisotopic (exact) mass is 1170 g/mol. The number of hydrogen-bond acceptors (Lipinski definition) is 36. The number of ether oxygens (including phenoxy) is 12. The lowest BCUT2D eigenvalue weighted by Gasteiger charge is -2.50. The van der Waals surface area contributed by atoms with Gasteiger partial charge < -0.3 is 185 Å². The Morgan fingerprint density at radius 1 is 0.342 bits per heavy atom. The van der Waals surface area contributed by atoms with Crippen LogP contribution >= 0.6 is 0 Å². The third-order valence-electron chi connectivity index (χ3n) is 14.1. The molecule has 6 fully saturated rings. The van der Waals surface area contributed by atoms with Gasteiger partial charge in [0, 0.05) is 0 Å². The van der Waals surface area contributed by atoms with E-state index >= 15 is 0 Å². The van der Waals surface area contributed by atoms with Crippen molar-refractivity contribution in [2.45, 2.75) is 209 Å². The largest absolute Gasteiger partial charge is 0.412 e. The summed E-state index contributed by atoms with van der Waals surface area (Å²) in [4.78, 5) is 11.1. The van der Waals surface area contributed by atoms with Crippen LogP contribution in [0.2, 0.25) is 0 Å². The van der Waals surface area contributed by atoms with E-state index in [-0.39, 0.29) is 11.8 Å². The van der Waals surface area contributed by atoms with Crippen LogP contribution in [0, 0.1) is 0 Å². The molecular weight excluding hydrogens is 1100 g/mol. The lowest BCUT2D eigenvalue weighted by molar-refractivity contribution is -0.397. The first-order valence-corrected chi connectivity index (χ1v) is 24.4. The number of aliphatic hydroxyl groups is 23. The van der Waals surface area contributed by atoms with E-state index in [0.717, 1.165) is 0 Å². The molecule has 37 nitrogen and oxygen atoms in total. The third-order valence-corrected chi connectivity index (χ3v) is 14.1. The summed E-state index contributed by atoms with van der Waals surface area (Å²) < 4.78 is 66.5. The first kappa shape index (κ1) is 68.0. The SMILES string of the molecule is O.O=CC(O)C(O)[C@@H](OC1OC(CO)[C@@H](OC2OC(CO)[C@H](OC3OC(CO)C(O[C@H]4OC(CO)C(O[C@H]5OC(CO)C(O[C@H]6OC(CO)C(O)C(O)C6O)C(O)C5O)C(O)C4O)C(O)C3O)C(O)C2O)C(O)C1O)C(O)CO. The topological polar surface area (TPSA) is 625 Å². The average Bonchev–Trinajstić information content (AvgIpc) is 3.45. The quantitative estimate of drug-likeness (QED) is 0.0423. The highest BCUT2D eigenvalue weighted by Crippen LogP contribution is 2.37. The van der Waals surface area contributed by atoms with Gasteiger partial charge in [-0.2, -0.15) is 0 Å². The molecule has 79 heavy (non-hydrogen) atoms. The van der Waals surface area contributed by atoms with E-state index < -0.39 is 255 Å². The zero-order valence-corrected chi connectivity index (χ0v) is 41.3. The van der Waals surface area contributed by atoms with Crippen LogP contribution in [-0.4, -0.2) is 384 Å². The second-order valence-corrected chi connectivity index (χ2v) is 19.2. The molecule has 34 atom stereocenters. The predicted molar refractivity (Wildman–Crippen MR) is 237 cm³/mol. The van der Waals surface area contributed by atoms with E-state index in [1.807, 2.05) is 0 Å². The summed E-state index contributed by atoms with van der Waals surface area (Å²) in [6, 6.07) is 0. The Morgan fingerprint density at radius 2 is 0.582 bits per heavy atom. The van der Waals surface area contributed by atoms with Crippen molar-refractivity contribution in [2.75, 3.05) is 46.2 Å². The maximum absolute atomic E-state index is 11.3. The molecule has 6 heterocycles. The standard InChI is InChI=1S/C42H72O36.H2O/c43-1-9(51)17(53)31(10(52)2-44)73-38-26(62)20(56)33(12(4-46)68-38)75-40-28(64)22(58)35(14(6-48)70-40)77-42-30(66)24(60)36(16(8-50)72-42)78-41-29(65)23(59)34(15(7-49)71-41)76-39-27(63)21(57)32(13(5-47)69-39)74-37-25(61)19(55)18(54)11(3-45)67-37;/h1,9-42,44-66H,2-8H2;1H2/t9?,10?,11?,12?,13?,14?,15?,16?,17?,18?,19?,20?,21?,22?,23?,24?,25?,26?,27?,28?,29?,30?,31-,32?,33+,34?,35-,36?,37+,38?,39+,40?,41+,42?;/m0./s1. The van der Waals surface area contributed by atoms with Gasteiger partial charge in [-0.15, -0.1) is 0 Å². The van der Waals surface area contributed by atoms with Crippen molar-refractivity contribution in [3.05, 3.63) is 0 Å². The molecular formula is C42H74O37. The third kappa shape index (κ3) is 14.5. The second kappa shape index (κ2) is 29.8. The van der Waals surface area contributed by atoms with E-state index in [1.165, 1.54) is 0 Å². The zero-order valence-electron chi connectivity index (χ0n) is 41.3. The molecule has 0 radical (unpaired) electrons. The van der Waals surface area contributed by atoms with Crippen molar-refractivity contribution in [1.82, 2.24) is 0 Å². The summed E-state index contributed by atoms with van der Waals surface area (Å²) in [6.07, 6.45) is -67.7. The Balaban J connectivity index is 0.0000115. The van der Waals surface area contributed by atoms with Crippen LogP contribution in [0.25, 0.3) is 0 Å². The molecule has 28 unspecified atom stereocenters. The van der Waals surface area contributed by atoms with Crippen LogP contribution in [0.15, 0.2) is 0 Å². The summed E-state index contributed by atoms with van der Waals surface area (Å²) in [5.74, 6) is 0. The minimum absolute atomic E-state index is 0. The molecule has 0 aromatic carbocycles. The predicted octanol–water partition coefficient (Wildman–Crippen LogP) is -17.3. The highest BCUT2D eigenvalue weighted by atomic mass is 16.8. The van der Waals surface area contributed by atoms with Crippen LogP contribution in [-0.2, 0) is 61.6 Å². The smallest absolute Gasteiger partial charge is 0.187 e. The number of aliphatic hydroxyl groups excluding tert-OH is 23. The van der Waals surface area contributed by atoms with Crippen molar-refractivity contribution in [3.63, 3.8) is 0 Å². The van der Waals surface area contributed by atoms with Crippen molar-refractivity contribution in [1.29, 1.82) is 0 Å². The molecule has 0 amide bonds. The fourth-order valence-electron chi connectivity index (χ4n) is 9.55. The highest BCUT2D eigenvalue weighted by Gasteiger charge is 2.58. The van der Waals surface area contributed by atoms with Gasteiger partial charge in [0.15, 0.2) is 44.0 Å². The fourth-order valence-corrected chi connectivity index (χ4v) is 9.55. The van der Waals surface area contributed by atoms with E-state index in [1.54, 1.807) is 0 Å². The van der Waals surface area contributed by atoms with E-state index in [0.29, 0.717) is 0 Å². The molecule has 37 heteroatoms. The zero-order chi connectivity index (χ0) is 57.8. The summed E-state index contributed by atoms with van der Waals surface area (Å²) in [5, 5.41) is 242. The fraction of sp³-hybridized carbons (Fsp3) is 0.976. The van der Waals surface area contributed by atoms with E-state index in [2.05, 4.69) is 0 Å². The first-order valence-electron chi connectivity index (χ1n) is 24.4. The minimum Gasteiger partial charge on any atom is -0.412 e. The molecule has 6 rings (SSSR count).